The summed E-state index contributed by atoms with van der Waals surface area (Å²) >= 11 is 0. The zero-order valence-electron chi connectivity index (χ0n) is 16.4. The number of carbonyl (C=O) groups is 2. The summed E-state index contributed by atoms with van der Waals surface area (Å²) in [7, 11) is 0. The van der Waals surface area contributed by atoms with E-state index in [-0.39, 0.29) is 23.8 Å². The fourth-order valence-electron chi connectivity index (χ4n) is 3.86. The highest BCUT2D eigenvalue weighted by atomic mass is 16.5. The fourth-order valence-corrected chi connectivity index (χ4v) is 3.86. The van der Waals surface area contributed by atoms with Gasteiger partial charge in [-0.05, 0) is 64.3 Å². The fraction of sp³-hybridized carbons (Fsp3) is 0.619. The third-order valence-corrected chi connectivity index (χ3v) is 5.51. The molecule has 6 heteroatoms. The Bertz CT molecular complexity index is 663. The molecule has 2 saturated heterocycles. The maximum Gasteiger partial charge on any atom is 0.238 e. The van der Waals surface area contributed by atoms with Crippen LogP contribution in [0.15, 0.2) is 18.2 Å². The zero-order chi connectivity index (χ0) is 19.2. The lowest BCUT2D eigenvalue weighted by molar-refractivity contribution is -0.127. The van der Waals surface area contributed by atoms with E-state index in [1.807, 2.05) is 26.0 Å². The molecule has 27 heavy (non-hydrogen) atoms. The number of benzene rings is 1. The van der Waals surface area contributed by atoms with Crippen LogP contribution >= 0.6 is 0 Å². The molecule has 2 aliphatic rings. The van der Waals surface area contributed by atoms with Crippen LogP contribution in [-0.4, -0.2) is 55.6 Å². The molecule has 1 aromatic carbocycles. The first-order chi connectivity index (χ1) is 13.0. The van der Waals surface area contributed by atoms with Gasteiger partial charge in [0.05, 0.1) is 12.6 Å². The maximum atomic E-state index is 12.3. The van der Waals surface area contributed by atoms with Crippen LogP contribution < -0.4 is 10.6 Å². The number of aryl methyl sites for hydroxylation is 2. The number of rotatable bonds is 6. The highest BCUT2D eigenvalue weighted by Gasteiger charge is 2.26. The van der Waals surface area contributed by atoms with Gasteiger partial charge in [0.2, 0.25) is 11.8 Å². The molecule has 1 atom stereocenters. The molecule has 2 fully saturated rings. The van der Waals surface area contributed by atoms with Crippen molar-refractivity contribution in [3.63, 3.8) is 0 Å². The van der Waals surface area contributed by atoms with Gasteiger partial charge in [-0.2, -0.15) is 0 Å². The molecule has 1 unspecified atom stereocenters. The number of nitrogens with zero attached hydrogens (tertiary/aromatic N) is 1. The Morgan fingerprint density at radius 2 is 1.96 bits per heavy atom. The summed E-state index contributed by atoms with van der Waals surface area (Å²) in [6, 6.07) is 6.02. The molecule has 1 aromatic rings. The summed E-state index contributed by atoms with van der Waals surface area (Å²) in [5.41, 5.74) is 3.13. The molecule has 2 aliphatic heterocycles. The molecule has 3 rings (SSSR count). The average Bonchev–Trinajstić information content (AvgIpc) is 3.16. The number of nitrogens with one attached hydrogen (secondary N) is 2. The number of likely N-dealkylation sites (tertiary alicyclic amines) is 1. The van der Waals surface area contributed by atoms with Crippen LogP contribution in [0.1, 0.15) is 36.8 Å². The van der Waals surface area contributed by atoms with E-state index >= 15 is 0 Å². The lowest BCUT2D eigenvalue weighted by Crippen LogP contribution is -2.44. The van der Waals surface area contributed by atoms with Crippen molar-refractivity contribution in [2.45, 2.75) is 45.6 Å². The van der Waals surface area contributed by atoms with Crippen molar-refractivity contribution < 1.29 is 14.3 Å². The molecular formula is C21H31N3O3. The molecule has 2 N–H and O–H groups in total. The van der Waals surface area contributed by atoms with Gasteiger partial charge in [0.15, 0.2) is 0 Å². The first kappa shape index (κ1) is 19.8. The monoisotopic (exact) mass is 373 g/mol. The standard InChI is InChI=1S/C21H31N3O3/c1-15-5-6-19(16(2)12-15)23-20(25)14-24-9-7-17(8-10-24)21(26)22-13-18-4-3-11-27-18/h5-6,12,17-18H,3-4,7-11,13-14H2,1-2H3,(H,22,26)(H,23,25). The zero-order valence-corrected chi connectivity index (χ0v) is 16.4. The van der Waals surface area contributed by atoms with Gasteiger partial charge >= 0.3 is 0 Å². The first-order valence-corrected chi connectivity index (χ1v) is 10.00. The van der Waals surface area contributed by atoms with E-state index in [0.29, 0.717) is 13.1 Å². The van der Waals surface area contributed by atoms with Crippen molar-refractivity contribution in [1.82, 2.24) is 10.2 Å². The van der Waals surface area contributed by atoms with Crippen molar-refractivity contribution in [3.8, 4) is 0 Å². The van der Waals surface area contributed by atoms with E-state index in [1.165, 1.54) is 5.56 Å². The van der Waals surface area contributed by atoms with E-state index in [0.717, 1.165) is 56.6 Å². The van der Waals surface area contributed by atoms with Gasteiger partial charge in [-0.15, -0.1) is 0 Å². The Hall–Kier alpha value is -1.92. The quantitative estimate of drug-likeness (QED) is 0.802. The third-order valence-electron chi connectivity index (χ3n) is 5.51. The molecule has 6 nitrogen and oxygen atoms in total. The molecule has 0 spiro atoms. The van der Waals surface area contributed by atoms with Gasteiger partial charge in [0.1, 0.15) is 0 Å². The summed E-state index contributed by atoms with van der Waals surface area (Å²) in [6.07, 6.45) is 3.91. The van der Waals surface area contributed by atoms with Crippen molar-refractivity contribution in [1.29, 1.82) is 0 Å². The minimum Gasteiger partial charge on any atom is -0.376 e. The van der Waals surface area contributed by atoms with Crippen molar-refractivity contribution in [2.24, 2.45) is 5.92 Å². The third kappa shape index (κ3) is 5.78. The smallest absolute Gasteiger partial charge is 0.238 e. The highest BCUT2D eigenvalue weighted by molar-refractivity contribution is 5.93. The van der Waals surface area contributed by atoms with Gasteiger partial charge in [-0.1, -0.05) is 17.7 Å². The van der Waals surface area contributed by atoms with Crippen LogP contribution in [0, 0.1) is 19.8 Å². The lowest BCUT2D eigenvalue weighted by Gasteiger charge is -2.31. The minimum atomic E-state index is 0.00300. The predicted molar refractivity (Wildman–Crippen MR) is 106 cm³/mol. The number of hydrogen-bond donors (Lipinski definition) is 2. The van der Waals surface area contributed by atoms with Crippen LogP contribution in [0.25, 0.3) is 0 Å². The van der Waals surface area contributed by atoms with Crippen LogP contribution in [0.3, 0.4) is 0 Å². The predicted octanol–water partition coefficient (Wildman–Crippen LogP) is 2.25. The van der Waals surface area contributed by atoms with Gasteiger partial charge in [0, 0.05) is 24.8 Å². The van der Waals surface area contributed by atoms with Gasteiger partial charge in [-0.3, -0.25) is 14.5 Å². The molecule has 0 aromatic heterocycles. The summed E-state index contributed by atoms with van der Waals surface area (Å²) in [5, 5.41) is 6.03. The Kier molecular flexibility index (Phi) is 6.85. The maximum absolute atomic E-state index is 12.3. The van der Waals surface area contributed by atoms with Crippen LogP contribution in [0.4, 0.5) is 5.69 Å². The first-order valence-electron chi connectivity index (χ1n) is 10.00. The molecule has 0 bridgehead atoms. The van der Waals surface area contributed by atoms with Gasteiger partial charge in [-0.25, -0.2) is 0 Å². The van der Waals surface area contributed by atoms with E-state index in [1.54, 1.807) is 0 Å². The van der Waals surface area contributed by atoms with Gasteiger partial charge < -0.3 is 15.4 Å². The Morgan fingerprint density at radius 3 is 2.63 bits per heavy atom. The highest BCUT2D eigenvalue weighted by Crippen LogP contribution is 2.19. The van der Waals surface area contributed by atoms with Crippen LogP contribution in [0.2, 0.25) is 0 Å². The molecule has 0 radical (unpaired) electrons. The number of ether oxygens (including phenoxy) is 1. The normalized spacial score (nSPS) is 21.2. The number of anilines is 1. The Morgan fingerprint density at radius 1 is 1.19 bits per heavy atom. The van der Waals surface area contributed by atoms with Crippen molar-refractivity contribution in [3.05, 3.63) is 29.3 Å². The molecule has 148 valence electrons. The van der Waals surface area contributed by atoms with E-state index in [9.17, 15) is 9.59 Å². The number of amides is 2. The number of piperidine rings is 1. The van der Waals surface area contributed by atoms with Crippen LogP contribution in [0.5, 0.6) is 0 Å². The second-order valence-corrected chi connectivity index (χ2v) is 7.80. The summed E-state index contributed by atoms with van der Waals surface area (Å²) in [6.45, 7) is 7.40. The molecule has 2 amide bonds. The second-order valence-electron chi connectivity index (χ2n) is 7.80. The van der Waals surface area contributed by atoms with E-state index in [4.69, 9.17) is 4.74 Å². The SMILES string of the molecule is Cc1ccc(NC(=O)CN2CCC(C(=O)NCC3CCCO3)CC2)c(C)c1. The number of carbonyl (C=O) groups excluding carboxylic acids is 2. The largest absolute Gasteiger partial charge is 0.376 e. The number of hydrogen-bond acceptors (Lipinski definition) is 4. The second kappa shape index (κ2) is 9.33. The summed E-state index contributed by atoms with van der Waals surface area (Å²) < 4.78 is 5.55. The summed E-state index contributed by atoms with van der Waals surface area (Å²) in [5.74, 6) is 0.179. The molecular weight excluding hydrogens is 342 g/mol. The van der Waals surface area contributed by atoms with Crippen molar-refractivity contribution in [2.75, 3.05) is 38.1 Å². The van der Waals surface area contributed by atoms with Gasteiger partial charge in [0.25, 0.3) is 0 Å². The molecule has 2 heterocycles. The lowest BCUT2D eigenvalue weighted by atomic mass is 9.96. The van der Waals surface area contributed by atoms with Crippen LogP contribution in [-0.2, 0) is 14.3 Å². The molecule has 0 aliphatic carbocycles. The average molecular weight is 373 g/mol. The Labute approximate surface area is 161 Å². The minimum absolute atomic E-state index is 0.00300. The van der Waals surface area contributed by atoms with Crippen molar-refractivity contribution >= 4 is 17.5 Å². The molecule has 0 saturated carbocycles. The van der Waals surface area contributed by atoms with E-state index < -0.39 is 0 Å². The Balaban J connectivity index is 1.38. The van der Waals surface area contributed by atoms with E-state index in [2.05, 4.69) is 21.6 Å². The topological polar surface area (TPSA) is 70.7 Å². The summed E-state index contributed by atoms with van der Waals surface area (Å²) in [4.78, 5) is 26.8.